The van der Waals surface area contributed by atoms with Crippen LogP contribution < -0.4 is 0 Å². The Morgan fingerprint density at radius 1 is 1.37 bits per heavy atom. The molecule has 5 atom stereocenters. The summed E-state index contributed by atoms with van der Waals surface area (Å²) in [6.45, 7) is 0.497. The number of methoxy groups -OCH3 is 1. The predicted octanol–water partition coefficient (Wildman–Crippen LogP) is 1.42. The lowest BCUT2D eigenvalue weighted by Gasteiger charge is -2.48. The smallest absolute Gasteiger partial charge is 0.172 e. The zero-order valence-electron chi connectivity index (χ0n) is 10.8. The molecule has 0 aliphatic carbocycles. The van der Waals surface area contributed by atoms with Crippen LogP contribution in [0.25, 0.3) is 0 Å². The molecule has 3 aliphatic heterocycles. The summed E-state index contributed by atoms with van der Waals surface area (Å²) in [6, 6.07) is 9.97. The second-order valence-electron chi connectivity index (χ2n) is 4.83. The summed E-state index contributed by atoms with van der Waals surface area (Å²) in [5.41, 5.74) is 1.10. The second-order valence-corrected chi connectivity index (χ2v) is 6.04. The molecule has 1 aromatic rings. The lowest BCUT2D eigenvalue weighted by atomic mass is 10.0. The van der Waals surface area contributed by atoms with Gasteiger partial charge in [0.1, 0.15) is 6.10 Å². The summed E-state index contributed by atoms with van der Waals surface area (Å²) in [7, 11) is 1.61. The van der Waals surface area contributed by atoms with Crippen LogP contribution in [0.1, 0.15) is 5.56 Å². The van der Waals surface area contributed by atoms with Crippen LogP contribution in [0.4, 0.5) is 0 Å². The number of benzene rings is 1. The molecule has 5 heteroatoms. The summed E-state index contributed by atoms with van der Waals surface area (Å²) >= 11 is 1.70. The maximum atomic E-state index is 10.3. The van der Waals surface area contributed by atoms with E-state index in [1.165, 1.54) is 0 Å². The molecule has 1 aromatic carbocycles. The van der Waals surface area contributed by atoms with E-state index in [1.807, 2.05) is 30.3 Å². The Labute approximate surface area is 117 Å². The molecule has 3 heterocycles. The highest BCUT2D eigenvalue weighted by molar-refractivity contribution is 8.00. The SMILES string of the molecule is CO[C@H]1O[C@H]2CS[C@@H]1[C@H](O)[C@H]2OCc1ccccc1. The van der Waals surface area contributed by atoms with Gasteiger partial charge in [-0.1, -0.05) is 30.3 Å². The molecule has 104 valence electrons. The first-order valence-electron chi connectivity index (χ1n) is 6.43. The Morgan fingerprint density at radius 2 is 2.16 bits per heavy atom. The summed E-state index contributed by atoms with van der Waals surface area (Å²) in [5.74, 6) is 0.848. The molecule has 2 bridgehead atoms. The highest BCUT2D eigenvalue weighted by Crippen LogP contribution is 2.39. The van der Waals surface area contributed by atoms with Gasteiger partial charge in [0.15, 0.2) is 6.29 Å². The molecule has 4 rings (SSSR count). The van der Waals surface area contributed by atoms with E-state index < -0.39 is 6.10 Å². The van der Waals surface area contributed by atoms with Crippen molar-refractivity contribution in [2.75, 3.05) is 12.9 Å². The van der Waals surface area contributed by atoms with Crippen LogP contribution >= 0.6 is 11.8 Å². The van der Waals surface area contributed by atoms with Crippen molar-refractivity contribution in [3.8, 4) is 0 Å². The van der Waals surface area contributed by atoms with E-state index in [0.29, 0.717) is 6.61 Å². The third kappa shape index (κ3) is 2.66. The molecule has 3 aliphatic rings. The Balaban J connectivity index is 1.63. The molecule has 0 spiro atoms. The van der Waals surface area contributed by atoms with Crippen molar-refractivity contribution in [1.82, 2.24) is 0 Å². The number of hydrogen-bond donors (Lipinski definition) is 1. The fraction of sp³-hybridized carbons (Fsp3) is 0.571. The molecular weight excluding hydrogens is 264 g/mol. The molecule has 0 radical (unpaired) electrons. The van der Waals surface area contributed by atoms with Gasteiger partial charge in [0.25, 0.3) is 0 Å². The molecule has 4 nitrogen and oxygen atoms in total. The van der Waals surface area contributed by atoms with Gasteiger partial charge in [-0.15, -0.1) is 11.8 Å². The zero-order chi connectivity index (χ0) is 13.2. The van der Waals surface area contributed by atoms with Crippen LogP contribution in [0.15, 0.2) is 30.3 Å². The summed E-state index contributed by atoms with van der Waals surface area (Å²) in [5, 5.41) is 10.3. The normalized spacial score (nSPS) is 37.5. The maximum Gasteiger partial charge on any atom is 0.172 e. The minimum absolute atomic E-state index is 0.0595. The summed E-state index contributed by atoms with van der Waals surface area (Å²) in [4.78, 5) is 0. The highest BCUT2D eigenvalue weighted by Gasteiger charge is 2.50. The minimum atomic E-state index is -0.536. The van der Waals surface area contributed by atoms with Gasteiger partial charge in [0.05, 0.1) is 24.1 Å². The number of fused-ring (bicyclic) bond motifs is 3. The van der Waals surface area contributed by atoms with Gasteiger partial charge in [-0.2, -0.15) is 0 Å². The van der Waals surface area contributed by atoms with E-state index in [2.05, 4.69) is 0 Å². The van der Waals surface area contributed by atoms with Crippen LogP contribution in [0.2, 0.25) is 0 Å². The standard InChI is InChI=1S/C14H18O4S/c1-16-14-13-11(15)12(10(18-14)8-19-13)17-7-9-5-3-2-4-6-9/h2-6,10-15H,7-8H2,1H3/t10-,11+,12-,13+,14-/m0/s1. The number of thioether (sulfide) groups is 1. The first-order valence-corrected chi connectivity index (χ1v) is 7.48. The van der Waals surface area contributed by atoms with Crippen molar-refractivity contribution in [2.24, 2.45) is 0 Å². The molecule has 0 aromatic heterocycles. The third-order valence-electron chi connectivity index (χ3n) is 3.59. The Kier molecular flexibility index (Phi) is 4.10. The van der Waals surface area contributed by atoms with Gasteiger partial charge in [-0.05, 0) is 5.56 Å². The average molecular weight is 282 g/mol. The molecular formula is C14H18O4S. The predicted molar refractivity (Wildman–Crippen MR) is 72.9 cm³/mol. The molecule has 0 unspecified atom stereocenters. The Morgan fingerprint density at radius 3 is 2.84 bits per heavy atom. The summed E-state index contributed by atoms with van der Waals surface area (Å²) in [6.07, 6.45) is -1.22. The first-order chi connectivity index (χ1) is 9.29. The molecule has 3 fully saturated rings. The van der Waals surface area contributed by atoms with Crippen molar-refractivity contribution in [3.05, 3.63) is 35.9 Å². The first kappa shape index (κ1) is 13.4. The molecule has 19 heavy (non-hydrogen) atoms. The average Bonchev–Trinajstić information content (AvgIpc) is 2.47. The number of hydrogen-bond acceptors (Lipinski definition) is 5. The third-order valence-corrected chi connectivity index (χ3v) is 4.99. The van der Waals surface area contributed by atoms with E-state index in [-0.39, 0.29) is 23.7 Å². The molecule has 3 saturated heterocycles. The van der Waals surface area contributed by atoms with Crippen molar-refractivity contribution in [2.45, 2.75) is 36.5 Å². The minimum Gasteiger partial charge on any atom is -0.389 e. The molecule has 1 N–H and O–H groups in total. The Hall–Kier alpha value is -0.590. The van der Waals surface area contributed by atoms with E-state index in [1.54, 1.807) is 18.9 Å². The maximum absolute atomic E-state index is 10.3. The van der Waals surface area contributed by atoms with Gasteiger partial charge in [-0.25, -0.2) is 0 Å². The molecule has 0 saturated carbocycles. The quantitative estimate of drug-likeness (QED) is 0.905. The second kappa shape index (κ2) is 5.81. The van der Waals surface area contributed by atoms with Gasteiger partial charge < -0.3 is 19.3 Å². The van der Waals surface area contributed by atoms with Gasteiger partial charge in [0, 0.05) is 12.9 Å². The highest BCUT2D eigenvalue weighted by atomic mass is 32.2. The van der Waals surface area contributed by atoms with Gasteiger partial charge in [0.2, 0.25) is 0 Å². The fourth-order valence-electron chi connectivity index (χ4n) is 2.57. The number of ether oxygens (including phenoxy) is 3. The monoisotopic (exact) mass is 282 g/mol. The van der Waals surface area contributed by atoms with Crippen LogP contribution in [0.5, 0.6) is 0 Å². The van der Waals surface area contributed by atoms with E-state index in [9.17, 15) is 5.11 Å². The van der Waals surface area contributed by atoms with Crippen LogP contribution in [-0.4, -0.2) is 47.8 Å². The van der Waals surface area contributed by atoms with Crippen molar-refractivity contribution >= 4 is 11.8 Å². The van der Waals surface area contributed by atoms with Crippen molar-refractivity contribution < 1.29 is 19.3 Å². The fourth-order valence-corrected chi connectivity index (χ4v) is 3.94. The van der Waals surface area contributed by atoms with E-state index >= 15 is 0 Å². The van der Waals surface area contributed by atoms with Crippen molar-refractivity contribution in [1.29, 1.82) is 0 Å². The largest absolute Gasteiger partial charge is 0.389 e. The zero-order valence-corrected chi connectivity index (χ0v) is 11.6. The number of aliphatic hydroxyl groups is 1. The van der Waals surface area contributed by atoms with Crippen LogP contribution in [0, 0.1) is 0 Å². The Bertz CT molecular complexity index is 411. The van der Waals surface area contributed by atoms with Crippen LogP contribution in [0.3, 0.4) is 0 Å². The number of rotatable bonds is 4. The van der Waals surface area contributed by atoms with Gasteiger partial charge in [-0.3, -0.25) is 0 Å². The molecule has 0 amide bonds. The van der Waals surface area contributed by atoms with Gasteiger partial charge >= 0.3 is 0 Å². The van der Waals surface area contributed by atoms with Crippen molar-refractivity contribution in [3.63, 3.8) is 0 Å². The summed E-state index contributed by atoms with van der Waals surface area (Å²) < 4.78 is 16.9. The van der Waals surface area contributed by atoms with E-state index in [4.69, 9.17) is 14.2 Å². The lowest BCUT2D eigenvalue weighted by molar-refractivity contribution is -0.249. The lowest BCUT2D eigenvalue weighted by Crippen LogP contribution is -2.62. The van der Waals surface area contributed by atoms with Crippen LogP contribution in [-0.2, 0) is 20.8 Å². The van der Waals surface area contributed by atoms with E-state index in [0.717, 1.165) is 11.3 Å². The topological polar surface area (TPSA) is 47.9 Å². The number of aliphatic hydroxyl groups excluding tert-OH is 1.